The molecule has 1 N–H and O–H groups in total. The predicted octanol–water partition coefficient (Wildman–Crippen LogP) is 0.396. The molecule has 1 aliphatic rings. The maximum Gasteiger partial charge on any atom is 0.226 e. The fraction of sp³-hybridized carbons (Fsp3) is 0.917. The molecule has 0 saturated carbocycles. The van der Waals surface area contributed by atoms with Crippen molar-refractivity contribution in [1.29, 1.82) is 0 Å². The average Bonchev–Trinajstić information content (AvgIpc) is 2.23. The summed E-state index contributed by atoms with van der Waals surface area (Å²) in [5.74, 6) is 0.436. The van der Waals surface area contributed by atoms with Crippen molar-refractivity contribution in [3.63, 3.8) is 0 Å². The molecule has 1 unspecified atom stereocenters. The van der Waals surface area contributed by atoms with Gasteiger partial charge in [0.05, 0.1) is 0 Å². The van der Waals surface area contributed by atoms with E-state index in [4.69, 9.17) is 0 Å². The Morgan fingerprint density at radius 1 is 1.50 bits per heavy atom. The zero-order valence-corrected chi connectivity index (χ0v) is 10.8. The van der Waals surface area contributed by atoms with Gasteiger partial charge in [0, 0.05) is 25.6 Å². The summed E-state index contributed by atoms with van der Waals surface area (Å²) in [5, 5.41) is 3.31. The molecule has 0 aliphatic carbocycles. The van der Waals surface area contributed by atoms with Crippen LogP contribution in [0, 0.1) is 5.92 Å². The second-order valence-corrected chi connectivity index (χ2v) is 4.94. The fourth-order valence-corrected chi connectivity index (χ4v) is 2.02. The van der Waals surface area contributed by atoms with E-state index in [-0.39, 0.29) is 5.92 Å². The maximum absolute atomic E-state index is 12.0. The Labute approximate surface area is 99.0 Å². The molecule has 1 atom stereocenters. The summed E-state index contributed by atoms with van der Waals surface area (Å²) in [5.41, 5.74) is 0. The molecule has 1 heterocycles. The van der Waals surface area contributed by atoms with Gasteiger partial charge in [-0.2, -0.15) is 0 Å². The molecular formula is C12H25N3O. The predicted molar refractivity (Wildman–Crippen MR) is 66.4 cm³/mol. The van der Waals surface area contributed by atoms with Gasteiger partial charge in [0.1, 0.15) is 0 Å². The van der Waals surface area contributed by atoms with Crippen LogP contribution in [0.15, 0.2) is 0 Å². The number of nitrogens with one attached hydrogen (secondary N) is 1. The van der Waals surface area contributed by atoms with Gasteiger partial charge in [0.25, 0.3) is 0 Å². The summed E-state index contributed by atoms with van der Waals surface area (Å²) in [6.45, 7) is 6.73. The van der Waals surface area contributed by atoms with E-state index in [1.165, 1.54) is 0 Å². The van der Waals surface area contributed by atoms with E-state index in [1.807, 2.05) is 11.8 Å². The van der Waals surface area contributed by atoms with Crippen LogP contribution in [0.25, 0.3) is 0 Å². The van der Waals surface area contributed by atoms with E-state index in [2.05, 4.69) is 24.3 Å². The normalized spacial score (nSPS) is 23.4. The third kappa shape index (κ3) is 4.49. The number of carbonyl (C=O) groups is 1. The van der Waals surface area contributed by atoms with Crippen LogP contribution in [0.3, 0.4) is 0 Å². The molecule has 1 fully saturated rings. The summed E-state index contributed by atoms with van der Waals surface area (Å²) in [6.07, 6.45) is 2.14. The van der Waals surface area contributed by atoms with Crippen molar-refractivity contribution in [1.82, 2.24) is 15.1 Å². The van der Waals surface area contributed by atoms with Gasteiger partial charge in [-0.05, 0) is 40.0 Å². The molecule has 1 rings (SSSR count). The fourth-order valence-electron chi connectivity index (χ4n) is 2.02. The van der Waals surface area contributed by atoms with Crippen LogP contribution < -0.4 is 5.32 Å². The zero-order valence-electron chi connectivity index (χ0n) is 10.8. The number of amides is 1. The Morgan fingerprint density at radius 2 is 2.25 bits per heavy atom. The molecule has 1 saturated heterocycles. The van der Waals surface area contributed by atoms with Crippen LogP contribution in [0.1, 0.15) is 19.8 Å². The largest absolute Gasteiger partial charge is 0.342 e. The van der Waals surface area contributed by atoms with Gasteiger partial charge in [0.2, 0.25) is 5.91 Å². The van der Waals surface area contributed by atoms with E-state index >= 15 is 0 Å². The highest BCUT2D eigenvalue weighted by Gasteiger charge is 2.21. The van der Waals surface area contributed by atoms with Gasteiger partial charge in [-0.15, -0.1) is 0 Å². The highest BCUT2D eigenvalue weighted by Crippen LogP contribution is 2.06. The Hall–Kier alpha value is -0.610. The van der Waals surface area contributed by atoms with Crippen LogP contribution in [0.4, 0.5) is 0 Å². The summed E-state index contributed by atoms with van der Waals surface area (Å²) in [4.78, 5) is 16.2. The number of carbonyl (C=O) groups excluding carboxylic acids is 1. The molecule has 4 nitrogen and oxygen atoms in total. The van der Waals surface area contributed by atoms with Crippen molar-refractivity contribution in [3.05, 3.63) is 0 Å². The van der Waals surface area contributed by atoms with Crippen molar-refractivity contribution >= 4 is 5.91 Å². The summed E-state index contributed by atoms with van der Waals surface area (Å²) >= 11 is 0. The first-order valence-corrected chi connectivity index (χ1v) is 6.25. The molecule has 1 amide bonds. The molecule has 94 valence electrons. The molecule has 1 aliphatic heterocycles. The van der Waals surface area contributed by atoms with Gasteiger partial charge in [0.15, 0.2) is 0 Å². The third-order valence-electron chi connectivity index (χ3n) is 3.00. The summed E-state index contributed by atoms with van der Waals surface area (Å²) in [6, 6.07) is 0. The molecule has 0 spiro atoms. The first-order valence-electron chi connectivity index (χ1n) is 6.25. The van der Waals surface area contributed by atoms with E-state index in [1.54, 1.807) is 0 Å². The lowest BCUT2D eigenvalue weighted by atomic mass is 10.1. The van der Waals surface area contributed by atoms with Crippen molar-refractivity contribution in [2.24, 2.45) is 5.92 Å². The van der Waals surface area contributed by atoms with Crippen LogP contribution in [0.2, 0.25) is 0 Å². The van der Waals surface area contributed by atoms with E-state index in [9.17, 15) is 4.79 Å². The van der Waals surface area contributed by atoms with Crippen LogP contribution >= 0.6 is 0 Å². The Kier molecular flexibility index (Phi) is 5.77. The number of nitrogens with zero attached hydrogens (tertiary/aromatic N) is 2. The second kappa shape index (κ2) is 6.86. The lowest BCUT2D eigenvalue weighted by Crippen LogP contribution is -2.44. The van der Waals surface area contributed by atoms with Crippen molar-refractivity contribution < 1.29 is 4.79 Å². The lowest BCUT2D eigenvalue weighted by molar-refractivity contribution is -0.135. The van der Waals surface area contributed by atoms with Gasteiger partial charge < -0.3 is 15.1 Å². The van der Waals surface area contributed by atoms with Gasteiger partial charge >= 0.3 is 0 Å². The van der Waals surface area contributed by atoms with Gasteiger partial charge in [-0.1, -0.05) is 6.92 Å². The highest BCUT2D eigenvalue weighted by molar-refractivity contribution is 5.78. The second-order valence-electron chi connectivity index (χ2n) is 4.94. The van der Waals surface area contributed by atoms with E-state index < -0.39 is 0 Å². The maximum atomic E-state index is 12.0. The number of hydrogen-bond donors (Lipinski definition) is 1. The summed E-state index contributed by atoms with van der Waals surface area (Å²) in [7, 11) is 4.14. The van der Waals surface area contributed by atoms with Crippen LogP contribution in [-0.4, -0.2) is 62.5 Å². The Bertz CT molecular complexity index is 218. The van der Waals surface area contributed by atoms with Gasteiger partial charge in [-0.3, -0.25) is 4.79 Å². The molecule has 0 aromatic rings. The molecule has 0 aromatic carbocycles. The standard InChI is InChI=1S/C12H25N3O/c1-11-10-13-6-4-8-15(12(11)16)9-5-7-14(2)3/h11,13H,4-10H2,1-3H3. The molecule has 4 heteroatoms. The molecule has 16 heavy (non-hydrogen) atoms. The highest BCUT2D eigenvalue weighted by atomic mass is 16.2. The number of rotatable bonds is 4. The SMILES string of the molecule is CC1CNCCCN(CCCN(C)C)C1=O. The molecule has 0 radical (unpaired) electrons. The first-order chi connectivity index (χ1) is 7.61. The Balaban J connectivity index is 2.38. The zero-order chi connectivity index (χ0) is 12.0. The molecule has 0 bridgehead atoms. The average molecular weight is 227 g/mol. The van der Waals surface area contributed by atoms with E-state index in [0.29, 0.717) is 5.91 Å². The Morgan fingerprint density at radius 3 is 2.94 bits per heavy atom. The topological polar surface area (TPSA) is 35.6 Å². The molecule has 0 aromatic heterocycles. The smallest absolute Gasteiger partial charge is 0.226 e. The minimum Gasteiger partial charge on any atom is -0.342 e. The van der Waals surface area contributed by atoms with Crippen molar-refractivity contribution in [3.8, 4) is 0 Å². The third-order valence-corrected chi connectivity index (χ3v) is 3.00. The van der Waals surface area contributed by atoms with Crippen LogP contribution in [0.5, 0.6) is 0 Å². The minimum absolute atomic E-state index is 0.125. The van der Waals surface area contributed by atoms with Crippen molar-refractivity contribution in [2.45, 2.75) is 19.8 Å². The number of hydrogen-bond acceptors (Lipinski definition) is 3. The lowest BCUT2D eigenvalue weighted by Gasteiger charge is -2.29. The van der Waals surface area contributed by atoms with Gasteiger partial charge in [-0.25, -0.2) is 0 Å². The molecular weight excluding hydrogens is 202 g/mol. The van der Waals surface area contributed by atoms with E-state index in [0.717, 1.165) is 45.6 Å². The van der Waals surface area contributed by atoms with Crippen molar-refractivity contribution in [2.75, 3.05) is 46.8 Å². The monoisotopic (exact) mass is 227 g/mol. The first kappa shape index (κ1) is 13.5. The quantitative estimate of drug-likeness (QED) is 0.755. The minimum atomic E-state index is 0.125. The van der Waals surface area contributed by atoms with Crippen LogP contribution in [-0.2, 0) is 4.79 Å². The summed E-state index contributed by atoms with van der Waals surface area (Å²) < 4.78 is 0.